The molecule has 0 unspecified atom stereocenters. The van der Waals surface area contributed by atoms with E-state index in [0.717, 1.165) is 76.8 Å². The van der Waals surface area contributed by atoms with Crippen molar-refractivity contribution in [3.05, 3.63) is 212 Å². The molecule has 0 aliphatic rings. The second kappa shape index (κ2) is 13.6. The molecule has 0 aliphatic heterocycles. The fourth-order valence-electron chi connectivity index (χ4n) is 7.94. The molecule has 9 aromatic carbocycles. The van der Waals surface area contributed by atoms with Crippen LogP contribution in [0, 0.1) is 0 Å². The first-order valence-corrected chi connectivity index (χ1v) is 20.3. The normalized spacial score (nSPS) is 11.7. The summed E-state index contributed by atoms with van der Waals surface area (Å²) in [5.74, 6) is 0. The lowest BCUT2D eigenvalue weighted by molar-refractivity contribution is 0.592. The van der Waals surface area contributed by atoms with Crippen LogP contribution >= 0.6 is 7.14 Å². The first-order chi connectivity index (χ1) is 27.1. The van der Waals surface area contributed by atoms with E-state index in [1.54, 1.807) is 0 Å². The Labute approximate surface area is 320 Å². The third-order valence-corrected chi connectivity index (χ3v) is 13.7. The zero-order chi connectivity index (χ0) is 36.8. The number of hydrogen-bond donors (Lipinski definition) is 0. The van der Waals surface area contributed by atoms with Crippen LogP contribution in [0.4, 0.5) is 0 Å². The van der Waals surface area contributed by atoms with E-state index >= 15 is 4.57 Å². The minimum Gasteiger partial charge on any atom is -0.309 e. The third kappa shape index (κ3) is 5.69. The van der Waals surface area contributed by atoms with Gasteiger partial charge in [0.1, 0.15) is 5.69 Å². The number of rotatable bonds is 7. The lowest BCUT2D eigenvalue weighted by Crippen LogP contribution is -2.24. The van der Waals surface area contributed by atoms with Crippen molar-refractivity contribution in [3.8, 4) is 39.2 Å². The molecule has 10 rings (SSSR count). The van der Waals surface area contributed by atoms with E-state index in [4.69, 9.17) is 5.10 Å². The molecule has 0 N–H and O–H groups in total. The summed E-state index contributed by atoms with van der Waals surface area (Å²) < 4.78 is 17.1. The fraction of sp³-hybridized carbons (Fsp3) is 0. The average Bonchev–Trinajstić information content (AvgIpc) is 3.68. The summed E-state index contributed by atoms with van der Waals surface area (Å²) in [6.45, 7) is 0. The lowest BCUT2D eigenvalue weighted by atomic mass is 9.93. The molecule has 3 nitrogen and oxygen atoms in total. The van der Waals surface area contributed by atoms with Gasteiger partial charge in [-0.1, -0.05) is 182 Å². The van der Waals surface area contributed by atoms with Gasteiger partial charge in [0.15, 0.2) is 7.14 Å². The van der Waals surface area contributed by atoms with Crippen LogP contribution < -0.4 is 15.9 Å². The van der Waals surface area contributed by atoms with Crippen molar-refractivity contribution in [3.63, 3.8) is 0 Å². The van der Waals surface area contributed by atoms with Gasteiger partial charge in [-0.25, -0.2) is 4.68 Å². The maximum atomic E-state index is 15.0. The van der Waals surface area contributed by atoms with Gasteiger partial charge in [0.2, 0.25) is 0 Å². The zero-order valence-electron chi connectivity index (χ0n) is 30.0. The summed E-state index contributed by atoms with van der Waals surface area (Å²) in [6, 6.07) is 73.2. The molecule has 0 aliphatic carbocycles. The standard InChI is InChI=1S/C51H35N2OP/c54-55(44-20-9-3-10-21-44,45-22-11-4-12-23-45)46-32-31-40-33-39(29-30-41(40)34-46)36-25-27-38(28-26-36)50-49-48(37-15-5-1-6-16-37)35-42-17-13-14-24-47(42)51(49)53(52-50)43-18-7-2-8-19-43/h1-35H. The van der Waals surface area contributed by atoms with E-state index in [2.05, 4.69) is 144 Å². The largest absolute Gasteiger partial charge is 0.309 e. The Bertz CT molecular complexity index is 2990. The van der Waals surface area contributed by atoms with Gasteiger partial charge < -0.3 is 4.57 Å². The van der Waals surface area contributed by atoms with Gasteiger partial charge in [0, 0.05) is 32.2 Å². The van der Waals surface area contributed by atoms with Gasteiger partial charge in [-0.3, -0.25) is 0 Å². The molecule has 0 radical (unpaired) electrons. The van der Waals surface area contributed by atoms with E-state index in [9.17, 15) is 0 Å². The van der Waals surface area contributed by atoms with Crippen LogP contribution in [0.15, 0.2) is 212 Å². The van der Waals surface area contributed by atoms with Crippen LogP contribution in [-0.2, 0) is 4.57 Å². The number of hydrogen-bond acceptors (Lipinski definition) is 2. The van der Waals surface area contributed by atoms with Crippen molar-refractivity contribution < 1.29 is 4.57 Å². The van der Waals surface area contributed by atoms with Crippen molar-refractivity contribution >= 4 is 55.5 Å². The van der Waals surface area contributed by atoms with Crippen LogP contribution in [0.1, 0.15) is 0 Å². The first kappa shape index (κ1) is 32.8. The Morgan fingerprint density at radius 3 is 1.64 bits per heavy atom. The quantitative estimate of drug-likeness (QED) is 0.154. The second-order valence-corrected chi connectivity index (χ2v) is 16.7. The highest BCUT2D eigenvalue weighted by Gasteiger charge is 2.29. The highest BCUT2D eigenvalue weighted by molar-refractivity contribution is 7.85. The van der Waals surface area contributed by atoms with Crippen molar-refractivity contribution in [2.24, 2.45) is 0 Å². The van der Waals surface area contributed by atoms with E-state index < -0.39 is 7.14 Å². The molecule has 10 aromatic rings. The van der Waals surface area contributed by atoms with Crippen LogP contribution in [-0.4, -0.2) is 9.78 Å². The van der Waals surface area contributed by atoms with Crippen LogP contribution in [0.5, 0.6) is 0 Å². The molecular weight excluding hydrogens is 688 g/mol. The van der Waals surface area contributed by atoms with Crippen molar-refractivity contribution in [2.75, 3.05) is 0 Å². The van der Waals surface area contributed by atoms with Gasteiger partial charge in [-0.2, -0.15) is 5.10 Å². The summed E-state index contributed by atoms with van der Waals surface area (Å²) in [7, 11) is -3.07. The van der Waals surface area contributed by atoms with Gasteiger partial charge in [-0.15, -0.1) is 0 Å². The van der Waals surface area contributed by atoms with Crippen molar-refractivity contribution in [1.82, 2.24) is 9.78 Å². The van der Waals surface area contributed by atoms with E-state index in [-0.39, 0.29) is 0 Å². The van der Waals surface area contributed by atoms with Gasteiger partial charge in [-0.05, 0) is 68.7 Å². The Morgan fingerprint density at radius 2 is 0.945 bits per heavy atom. The number of para-hydroxylation sites is 1. The van der Waals surface area contributed by atoms with Gasteiger partial charge in [0.05, 0.1) is 11.2 Å². The van der Waals surface area contributed by atoms with Crippen molar-refractivity contribution in [2.45, 2.75) is 0 Å². The lowest BCUT2D eigenvalue weighted by Gasteiger charge is -2.20. The molecule has 0 amide bonds. The maximum absolute atomic E-state index is 15.0. The minimum atomic E-state index is -3.07. The third-order valence-electron chi connectivity index (χ3n) is 10.7. The van der Waals surface area contributed by atoms with E-state index in [0.29, 0.717) is 0 Å². The van der Waals surface area contributed by atoms with Crippen LogP contribution in [0.2, 0.25) is 0 Å². The molecule has 0 spiro atoms. The summed E-state index contributed by atoms with van der Waals surface area (Å²) in [6.07, 6.45) is 0. The second-order valence-electron chi connectivity index (χ2n) is 13.9. The highest BCUT2D eigenvalue weighted by atomic mass is 31.2. The molecule has 4 heteroatoms. The Hall–Kier alpha value is -6.80. The van der Waals surface area contributed by atoms with Crippen molar-refractivity contribution in [1.29, 1.82) is 0 Å². The molecule has 1 aromatic heterocycles. The molecule has 0 bridgehead atoms. The predicted octanol–water partition coefficient (Wildman–Crippen LogP) is 12.0. The number of aromatic nitrogens is 2. The Morgan fingerprint density at radius 1 is 0.400 bits per heavy atom. The molecular formula is C51H35N2OP. The molecule has 0 atom stereocenters. The molecule has 0 saturated carbocycles. The molecule has 260 valence electrons. The molecule has 0 saturated heterocycles. The van der Waals surface area contributed by atoms with E-state index in [1.807, 2.05) is 72.8 Å². The maximum Gasteiger partial charge on any atom is 0.171 e. The van der Waals surface area contributed by atoms with Crippen LogP contribution in [0.3, 0.4) is 0 Å². The first-order valence-electron chi connectivity index (χ1n) is 18.6. The summed E-state index contributed by atoms with van der Waals surface area (Å²) in [5, 5.41) is 13.5. The smallest absolute Gasteiger partial charge is 0.171 e. The minimum absolute atomic E-state index is 0.833. The number of nitrogens with zero attached hydrogens (tertiary/aromatic N) is 2. The summed E-state index contributed by atoms with van der Waals surface area (Å²) in [4.78, 5) is 0. The topological polar surface area (TPSA) is 34.9 Å². The fourth-order valence-corrected chi connectivity index (χ4v) is 10.6. The van der Waals surface area contributed by atoms with Gasteiger partial charge >= 0.3 is 0 Å². The molecule has 0 fully saturated rings. The van der Waals surface area contributed by atoms with Gasteiger partial charge in [0.25, 0.3) is 0 Å². The number of fused-ring (bicyclic) bond motifs is 4. The monoisotopic (exact) mass is 722 g/mol. The van der Waals surface area contributed by atoms with E-state index in [1.165, 1.54) is 10.8 Å². The molecule has 55 heavy (non-hydrogen) atoms. The summed E-state index contributed by atoms with van der Waals surface area (Å²) in [5.41, 5.74) is 8.68. The summed E-state index contributed by atoms with van der Waals surface area (Å²) >= 11 is 0. The van der Waals surface area contributed by atoms with Crippen LogP contribution in [0.25, 0.3) is 71.6 Å². The average molecular weight is 723 g/mol. The Kier molecular flexibility index (Phi) is 8.09. The SMILES string of the molecule is O=P(c1ccccc1)(c1ccccc1)c1ccc2cc(-c3ccc(-c4nn(-c5ccccc5)c5c4c(-c4ccccc4)cc4ccccc45)cc3)ccc2c1. The predicted molar refractivity (Wildman–Crippen MR) is 232 cm³/mol. The number of benzene rings is 9. The zero-order valence-corrected chi connectivity index (χ0v) is 30.9. The highest BCUT2D eigenvalue weighted by Crippen LogP contribution is 2.44. The molecule has 1 heterocycles. The Balaban J connectivity index is 1.07.